The molecule has 0 aliphatic rings. The molecule has 2 aromatic rings. The van der Waals surface area contributed by atoms with Gasteiger partial charge in [-0.2, -0.15) is 0 Å². The maximum absolute atomic E-state index is 12.2. The summed E-state index contributed by atoms with van der Waals surface area (Å²) in [4.78, 5) is 16.1. The van der Waals surface area contributed by atoms with Gasteiger partial charge >= 0.3 is 0 Å². The number of carbonyl (C=O) groups excluding carboxylic acids is 1. The van der Waals surface area contributed by atoms with E-state index in [1.807, 2.05) is 31.2 Å². The molecular formula is C15H15NO2. The summed E-state index contributed by atoms with van der Waals surface area (Å²) < 4.78 is 5.14. The third-order valence-corrected chi connectivity index (χ3v) is 2.79. The number of aryl methyl sites for hydroxylation is 1. The van der Waals surface area contributed by atoms with Crippen LogP contribution >= 0.6 is 0 Å². The number of hydrogen-bond donors (Lipinski definition) is 0. The molecule has 2 rings (SSSR count). The lowest BCUT2D eigenvalue weighted by atomic mass is 10.0. The van der Waals surface area contributed by atoms with Crippen molar-refractivity contribution >= 4 is 5.78 Å². The van der Waals surface area contributed by atoms with E-state index in [9.17, 15) is 4.79 Å². The van der Waals surface area contributed by atoms with Crippen LogP contribution in [0.4, 0.5) is 0 Å². The molecule has 0 bridgehead atoms. The van der Waals surface area contributed by atoms with E-state index in [0.717, 1.165) is 5.56 Å². The first-order chi connectivity index (χ1) is 8.70. The Labute approximate surface area is 106 Å². The molecule has 0 fully saturated rings. The van der Waals surface area contributed by atoms with Gasteiger partial charge < -0.3 is 4.74 Å². The third-order valence-electron chi connectivity index (χ3n) is 2.79. The van der Waals surface area contributed by atoms with Crippen molar-refractivity contribution < 1.29 is 9.53 Å². The molecule has 0 aliphatic heterocycles. The number of hydrogen-bond acceptors (Lipinski definition) is 3. The SMILES string of the molecule is COc1cnccc1C(=O)Cc1ccc(C)cc1. The standard InChI is InChI=1S/C15H15NO2/c1-11-3-5-12(6-4-11)9-14(17)13-7-8-16-10-15(13)18-2/h3-8,10H,9H2,1-2H3. The van der Waals surface area contributed by atoms with Crippen molar-refractivity contribution in [1.82, 2.24) is 4.98 Å². The molecule has 0 N–H and O–H groups in total. The van der Waals surface area contributed by atoms with Crippen LogP contribution in [0.5, 0.6) is 5.75 Å². The summed E-state index contributed by atoms with van der Waals surface area (Å²) in [6.07, 6.45) is 3.54. The first-order valence-electron chi connectivity index (χ1n) is 5.77. The quantitative estimate of drug-likeness (QED) is 0.773. The first kappa shape index (κ1) is 12.3. The number of Topliss-reactive ketones (excluding diaryl/α,β-unsaturated/α-hetero) is 1. The summed E-state index contributed by atoms with van der Waals surface area (Å²) in [5, 5.41) is 0. The summed E-state index contributed by atoms with van der Waals surface area (Å²) in [5.74, 6) is 0.563. The van der Waals surface area contributed by atoms with Crippen LogP contribution in [-0.2, 0) is 6.42 Å². The summed E-state index contributed by atoms with van der Waals surface area (Å²) in [7, 11) is 1.54. The van der Waals surface area contributed by atoms with Crippen LogP contribution in [0.2, 0.25) is 0 Å². The second-order valence-electron chi connectivity index (χ2n) is 4.16. The average Bonchev–Trinajstić information content (AvgIpc) is 2.41. The molecule has 0 saturated heterocycles. The Balaban J connectivity index is 2.19. The molecule has 1 aromatic heterocycles. The summed E-state index contributed by atoms with van der Waals surface area (Å²) in [6.45, 7) is 2.03. The van der Waals surface area contributed by atoms with Crippen LogP contribution in [0.1, 0.15) is 21.5 Å². The number of rotatable bonds is 4. The second-order valence-corrected chi connectivity index (χ2v) is 4.16. The minimum Gasteiger partial charge on any atom is -0.494 e. The molecule has 0 amide bonds. The van der Waals surface area contributed by atoms with Crippen molar-refractivity contribution in [2.24, 2.45) is 0 Å². The molecular weight excluding hydrogens is 226 g/mol. The van der Waals surface area contributed by atoms with E-state index < -0.39 is 0 Å². The molecule has 0 atom stereocenters. The zero-order chi connectivity index (χ0) is 13.0. The number of nitrogens with zero attached hydrogens (tertiary/aromatic N) is 1. The Morgan fingerprint density at radius 3 is 2.61 bits per heavy atom. The molecule has 3 nitrogen and oxygen atoms in total. The van der Waals surface area contributed by atoms with Crippen molar-refractivity contribution in [2.45, 2.75) is 13.3 Å². The van der Waals surface area contributed by atoms with Gasteiger partial charge in [-0.3, -0.25) is 9.78 Å². The van der Waals surface area contributed by atoms with Gasteiger partial charge in [-0.05, 0) is 18.6 Å². The lowest BCUT2D eigenvalue weighted by Gasteiger charge is -2.06. The maximum Gasteiger partial charge on any atom is 0.171 e. The first-order valence-corrected chi connectivity index (χ1v) is 5.77. The van der Waals surface area contributed by atoms with E-state index in [1.54, 1.807) is 25.6 Å². The van der Waals surface area contributed by atoms with E-state index in [4.69, 9.17) is 4.74 Å². The molecule has 0 saturated carbocycles. The van der Waals surface area contributed by atoms with Crippen LogP contribution in [0.15, 0.2) is 42.7 Å². The Morgan fingerprint density at radius 2 is 1.94 bits per heavy atom. The van der Waals surface area contributed by atoms with Gasteiger partial charge in [0.25, 0.3) is 0 Å². The molecule has 0 spiro atoms. The van der Waals surface area contributed by atoms with Crippen molar-refractivity contribution in [2.75, 3.05) is 7.11 Å². The molecule has 1 heterocycles. The van der Waals surface area contributed by atoms with Gasteiger partial charge in [-0.15, -0.1) is 0 Å². The predicted octanol–water partition coefficient (Wildman–Crippen LogP) is 2.82. The summed E-state index contributed by atoms with van der Waals surface area (Å²) in [6, 6.07) is 9.65. The fraction of sp³-hybridized carbons (Fsp3) is 0.200. The lowest BCUT2D eigenvalue weighted by Crippen LogP contribution is -2.06. The number of pyridine rings is 1. The minimum atomic E-state index is 0.0399. The number of ketones is 1. The number of ether oxygens (including phenoxy) is 1. The van der Waals surface area contributed by atoms with E-state index in [1.165, 1.54) is 5.56 Å². The average molecular weight is 241 g/mol. The number of benzene rings is 1. The van der Waals surface area contributed by atoms with Crippen molar-refractivity contribution in [3.8, 4) is 5.75 Å². The summed E-state index contributed by atoms with van der Waals surface area (Å²) >= 11 is 0. The highest BCUT2D eigenvalue weighted by molar-refractivity contribution is 5.99. The predicted molar refractivity (Wildman–Crippen MR) is 70.0 cm³/mol. The molecule has 18 heavy (non-hydrogen) atoms. The van der Waals surface area contributed by atoms with Gasteiger partial charge in [0.1, 0.15) is 5.75 Å². The number of aromatic nitrogens is 1. The Bertz CT molecular complexity index is 547. The largest absolute Gasteiger partial charge is 0.494 e. The second kappa shape index (κ2) is 5.45. The molecule has 92 valence electrons. The van der Waals surface area contributed by atoms with Crippen molar-refractivity contribution in [3.63, 3.8) is 0 Å². The zero-order valence-electron chi connectivity index (χ0n) is 10.5. The van der Waals surface area contributed by atoms with Crippen LogP contribution < -0.4 is 4.74 Å². The van der Waals surface area contributed by atoms with E-state index in [2.05, 4.69) is 4.98 Å². The molecule has 0 radical (unpaired) electrons. The van der Waals surface area contributed by atoms with Crippen LogP contribution in [0.25, 0.3) is 0 Å². The number of carbonyl (C=O) groups is 1. The van der Waals surface area contributed by atoms with E-state index >= 15 is 0 Å². The normalized spacial score (nSPS) is 10.1. The third kappa shape index (κ3) is 2.74. The minimum absolute atomic E-state index is 0.0399. The fourth-order valence-corrected chi connectivity index (χ4v) is 1.76. The topological polar surface area (TPSA) is 39.2 Å². The number of methoxy groups -OCH3 is 1. The Kier molecular flexibility index (Phi) is 3.72. The highest BCUT2D eigenvalue weighted by Gasteiger charge is 2.12. The highest BCUT2D eigenvalue weighted by Crippen LogP contribution is 2.18. The van der Waals surface area contributed by atoms with Gasteiger partial charge in [0, 0.05) is 12.6 Å². The Morgan fingerprint density at radius 1 is 1.22 bits per heavy atom. The molecule has 1 aromatic carbocycles. The monoisotopic (exact) mass is 241 g/mol. The zero-order valence-corrected chi connectivity index (χ0v) is 10.5. The molecule has 0 aliphatic carbocycles. The van der Waals surface area contributed by atoms with Gasteiger partial charge in [-0.1, -0.05) is 29.8 Å². The lowest BCUT2D eigenvalue weighted by molar-refractivity contribution is 0.0990. The van der Waals surface area contributed by atoms with Crippen molar-refractivity contribution in [3.05, 3.63) is 59.4 Å². The van der Waals surface area contributed by atoms with Gasteiger partial charge in [-0.25, -0.2) is 0 Å². The van der Waals surface area contributed by atoms with Gasteiger partial charge in [0.15, 0.2) is 5.78 Å². The van der Waals surface area contributed by atoms with E-state index in [0.29, 0.717) is 17.7 Å². The van der Waals surface area contributed by atoms with Crippen LogP contribution in [-0.4, -0.2) is 17.9 Å². The van der Waals surface area contributed by atoms with Crippen LogP contribution in [0.3, 0.4) is 0 Å². The van der Waals surface area contributed by atoms with Gasteiger partial charge in [0.05, 0.1) is 18.9 Å². The van der Waals surface area contributed by atoms with Crippen molar-refractivity contribution in [1.29, 1.82) is 0 Å². The fourth-order valence-electron chi connectivity index (χ4n) is 1.76. The highest BCUT2D eigenvalue weighted by atomic mass is 16.5. The maximum atomic E-state index is 12.2. The molecule has 0 unspecified atom stereocenters. The summed E-state index contributed by atoms with van der Waals surface area (Å²) in [5.41, 5.74) is 2.77. The van der Waals surface area contributed by atoms with Crippen LogP contribution in [0, 0.1) is 6.92 Å². The molecule has 3 heteroatoms. The Hall–Kier alpha value is -2.16. The smallest absolute Gasteiger partial charge is 0.171 e. The van der Waals surface area contributed by atoms with E-state index in [-0.39, 0.29) is 5.78 Å². The van der Waals surface area contributed by atoms with Gasteiger partial charge in [0.2, 0.25) is 0 Å².